The zero-order chi connectivity index (χ0) is 33.1. The highest BCUT2D eigenvalue weighted by Gasteiger charge is 2.49. The summed E-state index contributed by atoms with van der Waals surface area (Å²) in [6.45, 7) is 6.62. The molecular weight excluding hydrogens is 624 g/mol. The average molecular weight is 657 g/mol. The molecule has 0 spiro atoms. The van der Waals surface area contributed by atoms with Crippen molar-refractivity contribution >= 4 is 39.9 Å². The number of nitrogens with zero attached hydrogens (tertiary/aromatic N) is 2. The van der Waals surface area contributed by atoms with Gasteiger partial charge in [-0.25, -0.2) is 9.78 Å². The lowest BCUT2D eigenvalue weighted by molar-refractivity contribution is -0.132. The fourth-order valence-electron chi connectivity index (χ4n) is 5.38. The third-order valence-electron chi connectivity index (χ3n) is 7.53. The van der Waals surface area contributed by atoms with Crippen LogP contribution in [0.15, 0.2) is 72.3 Å². The van der Waals surface area contributed by atoms with Crippen LogP contribution in [0.4, 0.5) is 5.13 Å². The van der Waals surface area contributed by atoms with E-state index in [1.807, 2.05) is 37.3 Å². The first-order valence-corrected chi connectivity index (χ1v) is 15.9. The van der Waals surface area contributed by atoms with Crippen molar-refractivity contribution in [2.24, 2.45) is 0 Å². The summed E-state index contributed by atoms with van der Waals surface area (Å²) in [7, 11) is 0. The molecule has 4 aromatic rings. The predicted molar refractivity (Wildman–Crippen MR) is 173 cm³/mol. The fraction of sp³-hybridized carbons (Fsp3) is 0.257. The highest BCUT2D eigenvalue weighted by molar-refractivity contribution is 7.17. The number of carbonyl (C=O) groups is 3. The Bertz CT molecular complexity index is 1870. The van der Waals surface area contributed by atoms with Gasteiger partial charge in [0.05, 0.1) is 30.5 Å². The maximum atomic E-state index is 13.8. The third-order valence-corrected chi connectivity index (χ3v) is 8.67. The molecule has 0 unspecified atom stereocenters. The largest absolute Gasteiger partial charge is 0.507 e. The zero-order valence-corrected chi connectivity index (χ0v) is 26.8. The summed E-state index contributed by atoms with van der Waals surface area (Å²) in [5.74, 6) is -1.09. The van der Waals surface area contributed by atoms with Crippen LogP contribution in [0.5, 0.6) is 23.0 Å². The minimum Gasteiger partial charge on any atom is -0.507 e. The number of aromatic nitrogens is 1. The molecule has 1 aromatic heterocycles. The zero-order valence-electron chi connectivity index (χ0n) is 26.0. The van der Waals surface area contributed by atoms with Crippen molar-refractivity contribution < 1.29 is 43.2 Å². The Hall–Kier alpha value is -5.36. The Morgan fingerprint density at radius 3 is 2.47 bits per heavy atom. The first-order valence-electron chi connectivity index (χ1n) is 15.1. The summed E-state index contributed by atoms with van der Waals surface area (Å²) in [5, 5.41) is 11.8. The van der Waals surface area contributed by atoms with Crippen molar-refractivity contribution in [2.75, 3.05) is 31.3 Å². The Morgan fingerprint density at radius 2 is 1.72 bits per heavy atom. The van der Waals surface area contributed by atoms with Crippen LogP contribution in [0.1, 0.15) is 51.9 Å². The van der Waals surface area contributed by atoms with E-state index < -0.39 is 29.5 Å². The summed E-state index contributed by atoms with van der Waals surface area (Å²) >= 11 is 0.931. The van der Waals surface area contributed by atoms with Gasteiger partial charge in [-0.2, -0.15) is 0 Å². The molecule has 1 fully saturated rings. The topological polar surface area (TPSA) is 134 Å². The van der Waals surface area contributed by atoms with E-state index in [0.29, 0.717) is 54.1 Å². The summed E-state index contributed by atoms with van der Waals surface area (Å²) in [6.07, 6.45) is 0. The lowest BCUT2D eigenvalue weighted by Crippen LogP contribution is -2.29. The standard InChI is InChI=1S/C35H32N2O9S/c1-4-42-26-17-22(11-13-25(26)46-19-21-9-7-6-8-10-21)29-28(30(38)23-12-14-24-27(18-23)45-16-15-44-24)31(39)33(40)37(29)35-36-20(3)32(47-35)34(41)43-5-2/h6-14,17-18,29,38H,4-5,15-16,19H2,1-3H3/t29-/m0/s1. The number of carbonyl (C=O) groups excluding carboxylic acids is 3. The molecule has 1 saturated heterocycles. The molecule has 6 rings (SSSR count). The molecule has 0 aliphatic carbocycles. The Kier molecular flexibility index (Phi) is 9.12. The molecule has 0 radical (unpaired) electrons. The molecule has 242 valence electrons. The molecule has 2 aliphatic rings. The van der Waals surface area contributed by atoms with E-state index in [1.165, 1.54) is 4.90 Å². The van der Waals surface area contributed by atoms with Crippen LogP contribution < -0.4 is 23.8 Å². The number of hydrogen-bond donors (Lipinski definition) is 1. The number of benzene rings is 3. The number of amides is 1. The number of anilines is 1. The van der Waals surface area contributed by atoms with Crippen molar-refractivity contribution in [1.82, 2.24) is 4.98 Å². The van der Waals surface area contributed by atoms with Crippen molar-refractivity contribution in [3.8, 4) is 23.0 Å². The van der Waals surface area contributed by atoms with E-state index in [9.17, 15) is 19.5 Å². The predicted octanol–water partition coefficient (Wildman–Crippen LogP) is 6.00. The van der Waals surface area contributed by atoms with Crippen molar-refractivity contribution in [3.63, 3.8) is 0 Å². The average Bonchev–Trinajstić information content (AvgIpc) is 3.60. The van der Waals surface area contributed by atoms with Crippen molar-refractivity contribution in [3.05, 3.63) is 99.6 Å². The molecule has 2 aliphatic heterocycles. The molecule has 3 aromatic carbocycles. The van der Waals surface area contributed by atoms with Crippen LogP contribution in [-0.2, 0) is 20.9 Å². The molecule has 1 amide bonds. The quantitative estimate of drug-likeness (QED) is 0.0937. The molecule has 47 heavy (non-hydrogen) atoms. The molecule has 1 atom stereocenters. The van der Waals surface area contributed by atoms with Crippen molar-refractivity contribution in [1.29, 1.82) is 0 Å². The number of ketones is 1. The number of hydrogen-bond acceptors (Lipinski definition) is 11. The summed E-state index contributed by atoms with van der Waals surface area (Å²) in [5.41, 5.74) is 1.84. The van der Waals surface area contributed by atoms with Crippen LogP contribution in [0.25, 0.3) is 5.76 Å². The summed E-state index contributed by atoms with van der Waals surface area (Å²) in [6, 6.07) is 18.4. The van der Waals surface area contributed by atoms with E-state index in [2.05, 4.69) is 4.98 Å². The van der Waals surface area contributed by atoms with Gasteiger partial charge < -0.3 is 28.8 Å². The number of esters is 1. The van der Waals surface area contributed by atoms with Crippen LogP contribution in [0.2, 0.25) is 0 Å². The van der Waals surface area contributed by atoms with Crippen LogP contribution in [0.3, 0.4) is 0 Å². The van der Waals surface area contributed by atoms with E-state index >= 15 is 0 Å². The number of aryl methyl sites for hydroxylation is 1. The lowest BCUT2D eigenvalue weighted by Gasteiger charge is -2.24. The fourth-order valence-corrected chi connectivity index (χ4v) is 6.37. The van der Waals surface area contributed by atoms with Gasteiger partial charge in [-0.1, -0.05) is 47.7 Å². The van der Waals surface area contributed by atoms with Gasteiger partial charge in [-0.05, 0) is 62.2 Å². The van der Waals surface area contributed by atoms with Gasteiger partial charge in [0.2, 0.25) is 0 Å². The SMILES string of the molecule is CCOC(=O)c1sc(N2C(=O)C(=O)C(=C(O)c3ccc4c(c3)OCCO4)[C@@H]2c2ccc(OCc3ccccc3)c(OCC)c2)nc1C. The van der Waals surface area contributed by atoms with Crippen molar-refractivity contribution in [2.45, 2.75) is 33.4 Å². The van der Waals surface area contributed by atoms with E-state index in [4.69, 9.17) is 23.7 Å². The van der Waals surface area contributed by atoms with Gasteiger partial charge in [0.15, 0.2) is 28.1 Å². The number of fused-ring (bicyclic) bond motifs is 1. The monoisotopic (exact) mass is 656 g/mol. The second kappa shape index (κ2) is 13.6. The molecule has 0 saturated carbocycles. The number of aliphatic hydroxyl groups is 1. The van der Waals surface area contributed by atoms with Crippen LogP contribution >= 0.6 is 11.3 Å². The van der Waals surface area contributed by atoms with Crippen LogP contribution in [0, 0.1) is 6.92 Å². The number of ether oxygens (including phenoxy) is 5. The van der Waals surface area contributed by atoms with Gasteiger partial charge in [-0.15, -0.1) is 0 Å². The highest BCUT2D eigenvalue weighted by atomic mass is 32.1. The number of Topliss-reactive ketones (excluding diaryl/α,β-unsaturated/α-hetero) is 1. The normalized spacial score (nSPS) is 16.7. The Balaban J connectivity index is 1.47. The van der Waals surface area contributed by atoms with Gasteiger partial charge in [0, 0.05) is 5.56 Å². The minimum absolute atomic E-state index is 0.0984. The number of aliphatic hydroxyl groups excluding tert-OH is 1. The summed E-state index contributed by atoms with van der Waals surface area (Å²) < 4.78 is 28.5. The van der Waals surface area contributed by atoms with Gasteiger partial charge >= 0.3 is 11.9 Å². The van der Waals surface area contributed by atoms with Crippen LogP contribution in [-0.4, -0.2) is 54.2 Å². The molecule has 0 bridgehead atoms. The second-order valence-electron chi connectivity index (χ2n) is 10.6. The maximum Gasteiger partial charge on any atom is 0.350 e. The number of rotatable bonds is 10. The molecule has 3 heterocycles. The Morgan fingerprint density at radius 1 is 0.957 bits per heavy atom. The number of thiazole rings is 1. The first-order chi connectivity index (χ1) is 22.8. The van der Waals surface area contributed by atoms with Gasteiger partial charge in [0.25, 0.3) is 5.78 Å². The summed E-state index contributed by atoms with van der Waals surface area (Å²) in [4.78, 5) is 46.2. The molecule has 12 heteroatoms. The first kappa shape index (κ1) is 31.6. The van der Waals surface area contributed by atoms with Gasteiger partial charge in [-0.3, -0.25) is 14.5 Å². The molecular formula is C35H32N2O9S. The molecule has 11 nitrogen and oxygen atoms in total. The maximum absolute atomic E-state index is 13.8. The van der Waals surface area contributed by atoms with E-state index in [-0.39, 0.29) is 34.4 Å². The van der Waals surface area contributed by atoms with E-state index in [0.717, 1.165) is 16.9 Å². The Labute approximate surface area is 274 Å². The smallest absolute Gasteiger partial charge is 0.350 e. The lowest BCUT2D eigenvalue weighted by atomic mass is 9.95. The third kappa shape index (κ3) is 6.24. The highest BCUT2D eigenvalue weighted by Crippen LogP contribution is 2.46. The molecule has 1 N–H and O–H groups in total. The second-order valence-corrected chi connectivity index (χ2v) is 11.5. The van der Waals surface area contributed by atoms with Gasteiger partial charge in [0.1, 0.15) is 30.5 Å². The van der Waals surface area contributed by atoms with E-state index in [1.54, 1.807) is 50.2 Å². The minimum atomic E-state index is -1.13.